The second-order valence-corrected chi connectivity index (χ2v) is 4.57. The van der Waals surface area contributed by atoms with Crippen molar-refractivity contribution in [3.63, 3.8) is 0 Å². The van der Waals surface area contributed by atoms with Crippen LogP contribution in [0.25, 0.3) is 0 Å². The van der Waals surface area contributed by atoms with Gasteiger partial charge in [-0.1, -0.05) is 54.3 Å². The van der Waals surface area contributed by atoms with E-state index in [2.05, 4.69) is 17.2 Å². The average molecular weight is 295 g/mol. The predicted molar refractivity (Wildman–Crippen MR) is 83.9 cm³/mol. The minimum atomic E-state index is -0.492. The van der Waals surface area contributed by atoms with E-state index in [1.165, 1.54) is 0 Å². The number of ether oxygens (including phenoxy) is 1. The number of hydrogen-bond acceptors (Lipinski definition) is 3. The normalized spacial score (nSPS) is 9.50. The minimum absolute atomic E-state index is 0.0164. The van der Waals surface area contributed by atoms with E-state index < -0.39 is 6.09 Å². The Labute approximate surface area is 129 Å². The number of amides is 1. The number of benzene rings is 2. The second-order valence-electron chi connectivity index (χ2n) is 4.57. The van der Waals surface area contributed by atoms with Gasteiger partial charge in [-0.2, -0.15) is 0 Å². The Morgan fingerprint density at radius 1 is 1.05 bits per heavy atom. The first-order chi connectivity index (χ1) is 10.8. The summed E-state index contributed by atoms with van der Waals surface area (Å²) in [6, 6.07) is 16.8. The molecule has 0 aliphatic carbocycles. The Bertz CT molecular complexity index is 654. The van der Waals surface area contributed by atoms with Crippen LogP contribution in [0.4, 0.5) is 4.79 Å². The highest BCUT2D eigenvalue weighted by Gasteiger charge is 2.00. The van der Waals surface area contributed by atoms with Crippen molar-refractivity contribution in [2.24, 2.45) is 0 Å². The molecule has 2 rings (SSSR count). The molecule has 0 aliphatic rings. The lowest BCUT2D eigenvalue weighted by Gasteiger charge is -2.04. The summed E-state index contributed by atoms with van der Waals surface area (Å²) in [6.45, 7) is 0.473. The van der Waals surface area contributed by atoms with Crippen LogP contribution in [-0.2, 0) is 18.0 Å². The lowest BCUT2D eigenvalue weighted by Crippen LogP contribution is -2.24. The molecule has 0 atom stereocenters. The summed E-state index contributed by atoms with van der Waals surface area (Å²) < 4.78 is 5.07. The van der Waals surface area contributed by atoms with E-state index in [0.29, 0.717) is 0 Å². The molecule has 2 aromatic rings. The lowest BCUT2D eigenvalue weighted by molar-refractivity contribution is 0.141. The second kappa shape index (κ2) is 8.50. The van der Waals surface area contributed by atoms with Crippen LogP contribution in [0.5, 0.6) is 0 Å². The summed E-state index contributed by atoms with van der Waals surface area (Å²) in [7, 11) is 0. The van der Waals surface area contributed by atoms with Gasteiger partial charge in [0.15, 0.2) is 0 Å². The van der Waals surface area contributed by atoms with E-state index in [1.54, 1.807) is 0 Å². The molecule has 0 unspecified atom stereocenters. The molecule has 112 valence electrons. The van der Waals surface area contributed by atoms with E-state index in [9.17, 15) is 4.79 Å². The first-order valence-corrected chi connectivity index (χ1v) is 6.91. The molecule has 0 heterocycles. The van der Waals surface area contributed by atoms with Gasteiger partial charge >= 0.3 is 6.09 Å². The maximum Gasteiger partial charge on any atom is 0.408 e. The summed E-state index contributed by atoms with van der Waals surface area (Å²) in [5.74, 6) is 5.77. The average Bonchev–Trinajstić information content (AvgIpc) is 2.58. The van der Waals surface area contributed by atoms with Crippen LogP contribution in [0.3, 0.4) is 0 Å². The largest absolute Gasteiger partial charge is 0.445 e. The van der Waals surface area contributed by atoms with Crippen molar-refractivity contribution >= 4 is 6.09 Å². The van der Waals surface area contributed by atoms with Gasteiger partial charge in [-0.25, -0.2) is 4.79 Å². The van der Waals surface area contributed by atoms with Crippen LogP contribution >= 0.6 is 0 Å². The number of hydrogen-bond donors (Lipinski definition) is 2. The van der Waals surface area contributed by atoms with E-state index in [0.717, 1.165) is 16.7 Å². The molecule has 0 bridgehead atoms. The van der Waals surface area contributed by atoms with Gasteiger partial charge in [0.1, 0.15) is 6.61 Å². The molecule has 0 aliphatic heterocycles. The first-order valence-electron chi connectivity index (χ1n) is 6.91. The zero-order valence-electron chi connectivity index (χ0n) is 12.1. The standard InChI is InChI=1S/C18H17NO3/c20-13-16-10-8-15(9-11-16)7-4-12-19-18(21)22-14-17-5-2-1-3-6-17/h1-3,5-6,8-11,20H,12-14H2,(H,19,21). The van der Waals surface area contributed by atoms with Crippen molar-refractivity contribution in [2.45, 2.75) is 13.2 Å². The van der Waals surface area contributed by atoms with Crippen LogP contribution < -0.4 is 5.32 Å². The number of nitrogens with one attached hydrogen (secondary N) is 1. The van der Waals surface area contributed by atoms with Crippen molar-refractivity contribution in [3.8, 4) is 11.8 Å². The monoisotopic (exact) mass is 295 g/mol. The Balaban J connectivity index is 1.71. The number of aliphatic hydroxyl groups excluding tert-OH is 1. The molecule has 0 radical (unpaired) electrons. The smallest absolute Gasteiger partial charge is 0.408 e. The zero-order chi connectivity index (χ0) is 15.6. The van der Waals surface area contributed by atoms with Crippen molar-refractivity contribution in [2.75, 3.05) is 6.54 Å². The molecule has 0 fully saturated rings. The summed E-state index contributed by atoms with van der Waals surface area (Å²) in [5.41, 5.74) is 2.61. The topological polar surface area (TPSA) is 58.6 Å². The summed E-state index contributed by atoms with van der Waals surface area (Å²) >= 11 is 0. The van der Waals surface area contributed by atoms with E-state index in [1.807, 2.05) is 54.6 Å². The Morgan fingerprint density at radius 3 is 2.45 bits per heavy atom. The van der Waals surface area contributed by atoms with Crippen molar-refractivity contribution < 1.29 is 14.6 Å². The van der Waals surface area contributed by atoms with Crippen LogP contribution in [0, 0.1) is 11.8 Å². The van der Waals surface area contributed by atoms with E-state index >= 15 is 0 Å². The fraction of sp³-hybridized carbons (Fsp3) is 0.167. The van der Waals surface area contributed by atoms with Crippen LogP contribution in [0.2, 0.25) is 0 Å². The fourth-order valence-electron chi connectivity index (χ4n) is 1.73. The molecule has 0 saturated carbocycles. The highest BCUT2D eigenvalue weighted by atomic mass is 16.5. The predicted octanol–water partition coefficient (Wildman–Crippen LogP) is 2.46. The highest BCUT2D eigenvalue weighted by molar-refractivity contribution is 5.67. The van der Waals surface area contributed by atoms with Gasteiger partial charge < -0.3 is 15.2 Å². The number of carbonyl (C=O) groups is 1. The van der Waals surface area contributed by atoms with Crippen LogP contribution in [0.1, 0.15) is 16.7 Å². The van der Waals surface area contributed by atoms with Crippen LogP contribution in [-0.4, -0.2) is 17.7 Å². The third-order valence-electron chi connectivity index (χ3n) is 2.90. The van der Waals surface area contributed by atoms with Gasteiger partial charge in [0.05, 0.1) is 13.2 Å². The molecule has 0 spiro atoms. The van der Waals surface area contributed by atoms with Crippen LogP contribution in [0.15, 0.2) is 54.6 Å². The van der Waals surface area contributed by atoms with Gasteiger partial charge in [-0.15, -0.1) is 0 Å². The molecule has 2 N–H and O–H groups in total. The number of carbonyl (C=O) groups excluding carboxylic acids is 1. The van der Waals surface area contributed by atoms with Crippen molar-refractivity contribution in [3.05, 3.63) is 71.3 Å². The quantitative estimate of drug-likeness (QED) is 0.852. The molecule has 1 amide bonds. The molecule has 2 aromatic carbocycles. The van der Waals surface area contributed by atoms with E-state index in [-0.39, 0.29) is 19.8 Å². The summed E-state index contributed by atoms with van der Waals surface area (Å²) in [4.78, 5) is 11.5. The van der Waals surface area contributed by atoms with Crippen molar-refractivity contribution in [1.82, 2.24) is 5.32 Å². The third-order valence-corrected chi connectivity index (χ3v) is 2.90. The molecular formula is C18H17NO3. The maximum absolute atomic E-state index is 11.5. The Kier molecular flexibility index (Phi) is 6.03. The maximum atomic E-state index is 11.5. The SMILES string of the molecule is O=C(NCC#Cc1ccc(CO)cc1)OCc1ccccc1. The molecule has 4 nitrogen and oxygen atoms in total. The number of aliphatic hydroxyl groups is 1. The minimum Gasteiger partial charge on any atom is -0.445 e. The van der Waals surface area contributed by atoms with Gasteiger partial charge in [0, 0.05) is 5.56 Å². The lowest BCUT2D eigenvalue weighted by atomic mass is 10.1. The molecule has 0 saturated heterocycles. The fourth-order valence-corrected chi connectivity index (χ4v) is 1.73. The molecule has 22 heavy (non-hydrogen) atoms. The van der Waals surface area contributed by atoms with Gasteiger partial charge in [0.2, 0.25) is 0 Å². The Hall–Kier alpha value is -2.77. The number of alkyl carbamates (subject to hydrolysis) is 1. The first kappa shape index (κ1) is 15.6. The third kappa shape index (κ3) is 5.31. The zero-order valence-corrected chi connectivity index (χ0v) is 12.1. The summed E-state index contributed by atoms with van der Waals surface area (Å²) in [5, 5.41) is 11.5. The van der Waals surface area contributed by atoms with Gasteiger partial charge in [0.25, 0.3) is 0 Å². The van der Waals surface area contributed by atoms with Gasteiger partial charge in [-0.3, -0.25) is 0 Å². The number of rotatable bonds is 4. The van der Waals surface area contributed by atoms with Gasteiger partial charge in [-0.05, 0) is 23.3 Å². The van der Waals surface area contributed by atoms with Crippen molar-refractivity contribution in [1.29, 1.82) is 0 Å². The highest BCUT2D eigenvalue weighted by Crippen LogP contribution is 2.02. The molecule has 4 heteroatoms. The van der Waals surface area contributed by atoms with E-state index in [4.69, 9.17) is 9.84 Å². The Morgan fingerprint density at radius 2 is 1.77 bits per heavy atom. The summed E-state index contributed by atoms with van der Waals surface area (Å²) in [6.07, 6.45) is -0.492. The molecular weight excluding hydrogens is 278 g/mol. The molecule has 0 aromatic heterocycles.